The van der Waals surface area contributed by atoms with Gasteiger partial charge in [-0.05, 0) is 37.3 Å². The van der Waals surface area contributed by atoms with Gasteiger partial charge in [0.05, 0.1) is 0 Å². The van der Waals surface area contributed by atoms with Gasteiger partial charge in [0.1, 0.15) is 0 Å². The molecule has 1 atom stereocenters. The Labute approximate surface area is 103 Å². The fourth-order valence-electron chi connectivity index (χ4n) is 2.94. The Hall–Kier alpha value is -0.340. The van der Waals surface area contributed by atoms with Crippen molar-refractivity contribution in [3.8, 4) is 0 Å². The van der Waals surface area contributed by atoms with E-state index in [0.717, 1.165) is 18.4 Å². The Bertz CT molecular complexity index is 273. The van der Waals surface area contributed by atoms with E-state index in [9.17, 15) is 0 Å². The molecule has 0 aliphatic heterocycles. The van der Waals surface area contributed by atoms with Gasteiger partial charge in [0, 0.05) is 17.3 Å². The highest BCUT2D eigenvalue weighted by Gasteiger charge is 2.24. The molecular formula is C14H23NS. The molecule has 0 radical (unpaired) electrons. The highest BCUT2D eigenvalue weighted by atomic mass is 32.1. The molecule has 1 N–H and O–H groups in total. The zero-order chi connectivity index (χ0) is 11.2. The third-order valence-corrected chi connectivity index (χ3v) is 4.81. The summed E-state index contributed by atoms with van der Waals surface area (Å²) in [4.78, 5) is 1.58. The van der Waals surface area contributed by atoms with Crippen LogP contribution in [0.3, 0.4) is 0 Å². The second kappa shape index (κ2) is 6.41. The van der Waals surface area contributed by atoms with Crippen LogP contribution in [0.15, 0.2) is 17.5 Å². The summed E-state index contributed by atoms with van der Waals surface area (Å²) in [5.74, 6) is 1.66. The summed E-state index contributed by atoms with van der Waals surface area (Å²) in [6.07, 6.45) is 8.65. The van der Waals surface area contributed by atoms with Crippen LogP contribution in [-0.4, -0.2) is 13.6 Å². The van der Waals surface area contributed by atoms with Crippen LogP contribution in [0.1, 0.15) is 49.3 Å². The standard InChI is InChI=1S/C14H23NS/c1-15-11-13(14-9-6-10-16-14)12-7-4-2-3-5-8-12/h6,9-10,12-13,15H,2-5,7-8,11H2,1H3. The second-order valence-corrected chi connectivity index (χ2v) is 5.91. The normalized spacial score (nSPS) is 20.6. The number of hydrogen-bond acceptors (Lipinski definition) is 2. The zero-order valence-corrected chi connectivity index (χ0v) is 11.1. The van der Waals surface area contributed by atoms with E-state index < -0.39 is 0 Å². The van der Waals surface area contributed by atoms with Gasteiger partial charge in [0.15, 0.2) is 0 Å². The summed E-state index contributed by atoms with van der Waals surface area (Å²) in [5, 5.41) is 5.60. The lowest BCUT2D eigenvalue weighted by atomic mass is 9.85. The number of thiophene rings is 1. The predicted molar refractivity (Wildman–Crippen MR) is 72.2 cm³/mol. The van der Waals surface area contributed by atoms with Crippen molar-refractivity contribution in [3.63, 3.8) is 0 Å². The fraction of sp³-hybridized carbons (Fsp3) is 0.714. The summed E-state index contributed by atoms with van der Waals surface area (Å²) in [7, 11) is 2.08. The highest BCUT2D eigenvalue weighted by molar-refractivity contribution is 7.10. The van der Waals surface area contributed by atoms with Crippen molar-refractivity contribution in [1.29, 1.82) is 0 Å². The Morgan fingerprint density at radius 1 is 1.31 bits per heavy atom. The fourth-order valence-corrected chi connectivity index (χ4v) is 3.86. The van der Waals surface area contributed by atoms with E-state index in [-0.39, 0.29) is 0 Å². The molecule has 1 heterocycles. The largest absolute Gasteiger partial charge is 0.319 e. The molecule has 1 aromatic heterocycles. The lowest BCUT2D eigenvalue weighted by molar-refractivity contribution is 0.371. The van der Waals surface area contributed by atoms with E-state index in [1.54, 1.807) is 4.88 Å². The minimum absolute atomic E-state index is 0.753. The van der Waals surface area contributed by atoms with Crippen LogP contribution in [0, 0.1) is 5.92 Å². The molecule has 0 aromatic carbocycles. The van der Waals surface area contributed by atoms with Gasteiger partial charge < -0.3 is 5.32 Å². The quantitative estimate of drug-likeness (QED) is 0.780. The number of rotatable bonds is 4. The zero-order valence-electron chi connectivity index (χ0n) is 10.2. The summed E-state index contributed by atoms with van der Waals surface area (Å²) >= 11 is 1.93. The SMILES string of the molecule is CNCC(c1cccs1)C1CCCCCC1. The first-order valence-corrected chi connectivity index (χ1v) is 7.48. The summed E-state index contributed by atoms with van der Waals surface area (Å²) in [5.41, 5.74) is 0. The Morgan fingerprint density at radius 3 is 2.62 bits per heavy atom. The van der Waals surface area contributed by atoms with Crippen molar-refractivity contribution in [2.24, 2.45) is 5.92 Å². The molecule has 0 bridgehead atoms. The number of hydrogen-bond donors (Lipinski definition) is 1. The third-order valence-electron chi connectivity index (χ3n) is 3.80. The summed E-state index contributed by atoms with van der Waals surface area (Å²) in [6, 6.07) is 4.51. The molecule has 90 valence electrons. The maximum absolute atomic E-state index is 3.38. The van der Waals surface area contributed by atoms with Crippen LogP contribution in [0.25, 0.3) is 0 Å². The van der Waals surface area contributed by atoms with E-state index in [1.807, 2.05) is 11.3 Å². The topological polar surface area (TPSA) is 12.0 Å². The van der Waals surface area contributed by atoms with Crippen LogP contribution in [-0.2, 0) is 0 Å². The Morgan fingerprint density at radius 2 is 2.06 bits per heavy atom. The molecule has 1 nitrogen and oxygen atoms in total. The van der Waals surface area contributed by atoms with Gasteiger partial charge >= 0.3 is 0 Å². The smallest absolute Gasteiger partial charge is 0.00916 e. The average Bonchev–Trinajstić information content (AvgIpc) is 2.69. The molecule has 2 heteroatoms. The number of nitrogens with one attached hydrogen (secondary N) is 1. The van der Waals surface area contributed by atoms with Gasteiger partial charge in [0.25, 0.3) is 0 Å². The first-order valence-electron chi connectivity index (χ1n) is 6.60. The Kier molecular flexibility index (Phi) is 4.86. The molecule has 1 aromatic rings. The minimum Gasteiger partial charge on any atom is -0.319 e. The van der Waals surface area contributed by atoms with Crippen LogP contribution in [0.4, 0.5) is 0 Å². The van der Waals surface area contributed by atoms with Crippen molar-refractivity contribution < 1.29 is 0 Å². The van der Waals surface area contributed by atoms with Gasteiger partial charge in [0.2, 0.25) is 0 Å². The molecule has 0 saturated heterocycles. The molecule has 0 spiro atoms. The maximum Gasteiger partial charge on any atom is 0.00916 e. The van der Waals surface area contributed by atoms with Gasteiger partial charge in [-0.15, -0.1) is 11.3 Å². The van der Waals surface area contributed by atoms with Crippen LogP contribution >= 0.6 is 11.3 Å². The van der Waals surface area contributed by atoms with Gasteiger partial charge in [-0.1, -0.05) is 31.7 Å². The first-order chi connectivity index (χ1) is 7.92. The summed E-state index contributed by atoms with van der Waals surface area (Å²) < 4.78 is 0. The van der Waals surface area contributed by atoms with Crippen molar-refractivity contribution >= 4 is 11.3 Å². The molecule has 16 heavy (non-hydrogen) atoms. The van der Waals surface area contributed by atoms with Gasteiger partial charge in [-0.25, -0.2) is 0 Å². The lowest BCUT2D eigenvalue weighted by Crippen LogP contribution is -2.23. The molecule has 0 amide bonds. The molecule has 2 rings (SSSR count). The summed E-state index contributed by atoms with van der Waals surface area (Å²) in [6.45, 7) is 1.14. The van der Waals surface area contributed by atoms with Crippen LogP contribution < -0.4 is 5.32 Å². The van der Waals surface area contributed by atoms with Crippen molar-refractivity contribution in [3.05, 3.63) is 22.4 Å². The Balaban J connectivity index is 2.05. The van der Waals surface area contributed by atoms with Crippen molar-refractivity contribution in [2.75, 3.05) is 13.6 Å². The predicted octanol–water partition coefficient (Wildman–Crippen LogP) is 4.02. The highest BCUT2D eigenvalue weighted by Crippen LogP contribution is 2.36. The molecule has 1 saturated carbocycles. The maximum atomic E-state index is 3.38. The second-order valence-electron chi connectivity index (χ2n) is 4.93. The third kappa shape index (κ3) is 3.08. The van der Waals surface area contributed by atoms with Gasteiger partial charge in [-0.3, -0.25) is 0 Å². The molecule has 1 unspecified atom stereocenters. The van der Waals surface area contributed by atoms with E-state index in [4.69, 9.17) is 0 Å². The van der Waals surface area contributed by atoms with Crippen LogP contribution in [0.2, 0.25) is 0 Å². The van der Waals surface area contributed by atoms with E-state index in [0.29, 0.717) is 0 Å². The molecule has 1 aliphatic carbocycles. The van der Waals surface area contributed by atoms with E-state index in [1.165, 1.54) is 38.5 Å². The average molecular weight is 237 g/mol. The van der Waals surface area contributed by atoms with E-state index in [2.05, 4.69) is 29.9 Å². The minimum atomic E-state index is 0.753. The van der Waals surface area contributed by atoms with Crippen molar-refractivity contribution in [1.82, 2.24) is 5.32 Å². The van der Waals surface area contributed by atoms with E-state index >= 15 is 0 Å². The monoisotopic (exact) mass is 237 g/mol. The molecular weight excluding hydrogens is 214 g/mol. The van der Waals surface area contributed by atoms with Crippen LogP contribution in [0.5, 0.6) is 0 Å². The lowest BCUT2D eigenvalue weighted by Gasteiger charge is -2.25. The molecule has 1 aliphatic rings. The molecule has 1 fully saturated rings. The van der Waals surface area contributed by atoms with Crippen molar-refractivity contribution in [2.45, 2.75) is 44.4 Å². The number of likely N-dealkylation sites (N-methyl/N-ethyl adjacent to an activating group) is 1. The first kappa shape index (κ1) is 12.1. The van der Waals surface area contributed by atoms with Gasteiger partial charge in [-0.2, -0.15) is 0 Å².